The Morgan fingerprint density at radius 1 is 0.914 bits per heavy atom. The average Bonchev–Trinajstić information content (AvgIpc) is 3.48. The second kappa shape index (κ2) is 20.5. The fourth-order valence-electron chi connectivity index (χ4n) is 6.22. The zero-order chi connectivity index (χ0) is 42.6. The van der Waals surface area contributed by atoms with E-state index in [1.54, 1.807) is 26.0 Å². The van der Waals surface area contributed by atoms with Crippen molar-refractivity contribution in [1.29, 1.82) is 0 Å². The van der Waals surface area contributed by atoms with Crippen LogP contribution >= 0.6 is 11.8 Å². The van der Waals surface area contributed by atoms with Gasteiger partial charge in [-0.1, -0.05) is 113 Å². The third kappa shape index (κ3) is 12.7. The Hall–Kier alpha value is -5.10. The average molecular weight is 828 g/mol. The van der Waals surface area contributed by atoms with Gasteiger partial charge in [-0.15, -0.1) is 0 Å². The molecule has 2 atom stereocenters. The Balaban J connectivity index is 1.49. The number of carbonyl (C=O) groups is 5. The van der Waals surface area contributed by atoms with Crippen LogP contribution in [0.5, 0.6) is 0 Å². The fourth-order valence-corrected chi connectivity index (χ4v) is 7.52. The zero-order valence-electron chi connectivity index (χ0n) is 34.7. The molecule has 3 aromatic rings. The van der Waals surface area contributed by atoms with Crippen molar-refractivity contribution in [3.05, 3.63) is 89.0 Å². The number of primary amides is 1. The lowest BCUT2D eigenvalue weighted by atomic mass is 9.98. The highest BCUT2D eigenvalue weighted by Crippen LogP contribution is 2.44. The Bertz CT molecular complexity index is 1990. The minimum Gasteiger partial charge on any atom is -0.449 e. The SMILES string of the molecule is CC(=O)SCC#Cc1cc(NC(=O)[C@H](CCCNC(N)=O)NC(=O)[C@@H](NC(=O)OCC2c3ccccc3-c3ccccc32)C(C)C)ccc1CO[Si](C)(C)C(C)(C)C. The number of hydrogen-bond donors (Lipinski definition) is 5. The molecular weight excluding hydrogens is 771 g/mol. The first-order valence-corrected chi connectivity index (χ1v) is 23.4. The standard InChI is InChI=1S/C44H57N5O7SSi/c1-28(2)39(49-43(54)55-27-37-35-18-11-9-16-33(35)34-17-10-12-19-36(34)37)41(52)48-38(20-13-23-46-42(45)53)40(51)47-32-22-21-31(26-56-58(7,8)44(4,5)6)30(25-32)15-14-24-57-29(3)50/h9-12,16-19,21-22,25,28,37-39H,13,20,23-24,26-27H2,1-8H3,(H,47,51)(H,48,52)(H,49,54)(H3,45,46,53)/t38-,39-/m0/s1. The number of benzene rings is 3. The van der Waals surface area contributed by atoms with Crippen LogP contribution in [0.3, 0.4) is 0 Å². The third-order valence-electron chi connectivity index (χ3n) is 10.5. The molecule has 0 bridgehead atoms. The molecule has 1 aliphatic carbocycles. The molecule has 0 aliphatic heterocycles. The predicted molar refractivity (Wildman–Crippen MR) is 233 cm³/mol. The van der Waals surface area contributed by atoms with Crippen LogP contribution in [-0.4, -0.2) is 68.4 Å². The molecule has 0 fully saturated rings. The van der Waals surface area contributed by atoms with E-state index < -0.39 is 44.3 Å². The van der Waals surface area contributed by atoms with Gasteiger partial charge in [0.1, 0.15) is 18.7 Å². The van der Waals surface area contributed by atoms with Crippen LogP contribution in [-0.2, 0) is 30.2 Å². The van der Waals surface area contributed by atoms with Gasteiger partial charge in [-0.2, -0.15) is 0 Å². The molecular formula is C44H57N5O7SSi. The van der Waals surface area contributed by atoms with Gasteiger partial charge in [0.25, 0.3) is 0 Å². The Kier molecular flexibility index (Phi) is 16.1. The van der Waals surface area contributed by atoms with E-state index >= 15 is 0 Å². The van der Waals surface area contributed by atoms with Crippen LogP contribution in [0.2, 0.25) is 18.1 Å². The maximum Gasteiger partial charge on any atom is 0.407 e. The predicted octanol–water partition coefficient (Wildman–Crippen LogP) is 7.27. The zero-order valence-corrected chi connectivity index (χ0v) is 36.6. The Labute approximate surface area is 347 Å². The van der Waals surface area contributed by atoms with Crippen molar-refractivity contribution < 1.29 is 33.1 Å². The van der Waals surface area contributed by atoms with Gasteiger partial charge in [0.15, 0.2) is 13.4 Å². The second-order valence-corrected chi connectivity index (χ2v) is 22.1. The quantitative estimate of drug-likeness (QED) is 0.0569. The highest BCUT2D eigenvalue weighted by molar-refractivity contribution is 8.13. The molecule has 0 radical (unpaired) electrons. The number of carbonyl (C=O) groups excluding carboxylic acids is 5. The number of nitrogens with two attached hydrogens (primary N) is 1. The summed E-state index contributed by atoms with van der Waals surface area (Å²) >= 11 is 1.11. The number of hydrogen-bond acceptors (Lipinski definition) is 8. The van der Waals surface area contributed by atoms with Crippen molar-refractivity contribution in [3.63, 3.8) is 0 Å². The molecule has 5 amide bonds. The number of ether oxygens (including phenoxy) is 1. The van der Waals surface area contributed by atoms with E-state index in [4.69, 9.17) is 14.9 Å². The van der Waals surface area contributed by atoms with Crippen LogP contribution in [0, 0.1) is 17.8 Å². The lowest BCUT2D eigenvalue weighted by Crippen LogP contribution is -2.54. The molecule has 6 N–H and O–H groups in total. The lowest BCUT2D eigenvalue weighted by molar-refractivity contribution is -0.128. The van der Waals surface area contributed by atoms with Gasteiger partial charge < -0.3 is 36.2 Å². The molecule has 4 rings (SSSR count). The topological polar surface area (TPSA) is 178 Å². The molecule has 0 heterocycles. The van der Waals surface area contributed by atoms with Crippen LogP contribution in [0.25, 0.3) is 11.1 Å². The molecule has 0 spiro atoms. The highest BCUT2D eigenvalue weighted by atomic mass is 32.2. The minimum absolute atomic E-state index is 0.00295. The van der Waals surface area contributed by atoms with Gasteiger partial charge in [0, 0.05) is 30.6 Å². The number of fused-ring (bicyclic) bond motifs is 3. The van der Waals surface area contributed by atoms with Gasteiger partial charge in [0.05, 0.1) is 12.4 Å². The van der Waals surface area contributed by atoms with Gasteiger partial charge in [-0.05, 0) is 76.8 Å². The van der Waals surface area contributed by atoms with E-state index in [-0.39, 0.29) is 41.6 Å². The summed E-state index contributed by atoms with van der Waals surface area (Å²) in [7, 11) is -2.10. The van der Waals surface area contributed by atoms with E-state index in [1.165, 1.54) is 6.92 Å². The first-order valence-electron chi connectivity index (χ1n) is 19.5. The smallest absolute Gasteiger partial charge is 0.407 e. The van der Waals surface area contributed by atoms with Crippen LogP contribution in [0.15, 0.2) is 66.7 Å². The second-order valence-electron chi connectivity index (χ2n) is 16.2. The molecule has 0 saturated carbocycles. The number of anilines is 1. The summed E-state index contributed by atoms with van der Waals surface area (Å²) in [5.41, 5.74) is 11.5. The summed E-state index contributed by atoms with van der Waals surface area (Å²) in [5, 5.41) is 10.9. The fraction of sp³-hybridized carbons (Fsp3) is 0.432. The summed E-state index contributed by atoms with van der Waals surface area (Å²) in [6.07, 6.45) is -0.279. The summed E-state index contributed by atoms with van der Waals surface area (Å²) in [6, 6.07) is 18.6. The van der Waals surface area contributed by atoms with Crippen LogP contribution in [0.1, 0.15) is 82.6 Å². The maximum absolute atomic E-state index is 13.9. The molecule has 12 nitrogen and oxygen atoms in total. The van der Waals surface area contributed by atoms with Gasteiger partial charge in [0.2, 0.25) is 11.8 Å². The number of thioether (sulfide) groups is 1. The van der Waals surface area contributed by atoms with Crippen molar-refractivity contribution in [2.75, 3.05) is 24.2 Å². The van der Waals surface area contributed by atoms with E-state index in [0.717, 1.165) is 39.6 Å². The largest absolute Gasteiger partial charge is 0.449 e. The summed E-state index contributed by atoms with van der Waals surface area (Å²) < 4.78 is 12.2. The normalized spacial score (nSPS) is 13.3. The van der Waals surface area contributed by atoms with Crippen molar-refractivity contribution >= 4 is 54.8 Å². The maximum atomic E-state index is 13.9. The molecule has 310 valence electrons. The number of urea groups is 1. The van der Waals surface area contributed by atoms with E-state index in [1.807, 2.05) is 42.5 Å². The number of nitrogens with one attached hydrogen (secondary N) is 4. The summed E-state index contributed by atoms with van der Waals surface area (Å²) in [4.78, 5) is 63.8. The molecule has 58 heavy (non-hydrogen) atoms. The molecule has 3 aromatic carbocycles. The molecule has 0 aromatic heterocycles. The molecule has 0 saturated heterocycles. The monoisotopic (exact) mass is 827 g/mol. The lowest BCUT2D eigenvalue weighted by Gasteiger charge is -2.36. The van der Waals surface area contributed by atoms with Crippen molar-refractivity contribution in [1.82, 2.24) is 16.0 Å². The van der Waals surface area contributed by atoms with Crippen molar-refractivity contribution in [2.24, 2.45) is 11.7 Å². The minimum atomic E-state index is -2.10. The molecule has 0 unspecified atom stereocenters. The third-order valence-corrected chi connectivity index (χ3v) is 15.7. The summed E-state index contributed by atoms with van der Waals surface area (Å²) in [5.74, 6) is 4.89. The van der Waals surface area contributed by atoms with Gasteiger partial charge in [-0.3, -0.25) is 14.4 Å². The highest BCUT2D eigenvalue weighted by Gasteiger charge is 2.37. The van der Waals surface area contributed by atoms with Crippen LogP contribution < -0.4 is 27.0 Å². The first kappa shape index (κ1) is 45.6. The Morgan fingerprint density at radius 3 is 2.14 bits per heavy atom. The van der Waals surface area contributed by atoms with Gasteiger partial charge >= 0.3 is 12.1 Å². The van der Waals surface area contributed by atoms with E-state index in [0.29, 0.717) is 30.0 Å². The molecule has 1 aliphatic rings. The van der Waals surface area contributed by atoms with Gasteiger partial charge in [-0.25, -0.2) is 9.59 Å². The molecule has 14 heteroatoms. The first-order chi connectivity index (χ1) is 27.4. The van der Waals surface area contributed by atoms with Crippen LogP contribution in [0.4, 0.5) is 15.3 Å². The summed E-state index contributed by atoms with van der Waals surface area (Å²) in [6.45, 7) is 16.5. The Morgan fingerprint density at radius 2 is 1.55 bits per heavy atom. The van der Waals surface area contributed by atoms with E-state index in [2.05, 4.69) is 79.1 Å². The van der Waals surface area contributed by atoms with Crippen molar-refractivity contribution in [2.45, 2.75) is 97.1 Å². The number of rotatable bonds is 16. The van der Waals surface area contributed by atoms with Crippen molar-refractivity contribution in [3.8, 4) is 23.0 Å². The van der Waals surface area contributed by atoms with E-state index in [9.17, 15) is 24.0 Å². The number of amides is 5. The number of alkyl carbamates (subject to hydrolysis) is 1.